The molecule has 0 radical (unpaired) electrons. The van der Waals surface area contributed by atoms with E-state index in [1.54, 1.807) is 0 Å². The van der Waals surface area contributed by atoms with Crippen molar-refractivity contribution in [3.8, 4) is 0 Å². The molecule has 378 valence electrons. The highest BCUT2D eigenvalue weighted by atomic mass is 16.6. The Morgan fingerprint density at radius 3 is 0.411 bits per heavy atom. The molecule has 0 heterocycles. The van der Waals surface area contributed by atoms with Crippen LogP contribution in [0.3, 0.4) is 0 Å². The summed E-state index contributed by atoms with van der Waals surface area (Å²) in [5.41, 5.74) is -43.9. The molecule has 0 aromatic heterocycles. The van der Waals surface area contributed by atoms with Gasteiger partial charge in [-0.25, -0.2) is 86.3 Å². The third kappa shape index (κ3) is 9.80. The summed E-state index contributed by atoms with van der Waals surface area (Å²) in [6, 6.07) is 0. The molecular formula is C38H16O35. The van der Waals surface area contributed by atoms with Crippen molar-refractivity contribution in [2.45, 2.75) is 6.92 Å². The number of carbonyl (C=O) groups excluding carboxylic acids is 6. The van der Waals surface area contributed by atoms with E-state index in [0.717, 1.165) is 0 Å². The van der Waals surface area contributed by atoms with Crippen LogP contribution in [0.2, 0.25) is 0 Å². The Kier molecular flexibility index (Phi) is 15.4. The normalized spacial score (nSPS) is 10.4. The summed E-state index contributed by atoms with van der Waals surface area (Å²) >= 11 is 0. The van der Waals surface area contributed by atoms with Crippen LogP contribution in [0.4, 0.5) is 0 Å². The lowest BCUT2D eigenvalue weighted by molar-refractivity contribution is -0.135. The number of aromatic carboxylic acids is 13. The number of ether oxygens (including phenoxy) is 3. The zero-order valence-electron chi connectivity index (χ0n) is 34.3. The van der Waals surface area contributed by atoms with Crippen molar-refractivity contribution >= 4 is 113 Å². The molecule has 0 aliphatic carbocycles. The molecule has 0 fully saturated rings. The predicted octanol–water partition coefficient (Wildman–Crippen LogP) is -0.539. The highest BCUT2D eigenvalue weighted by Crippen LogP contribution is 2.36. The highest BCUT2D eigenvalue weighted by Gasteiger charge is 2.47. The molecule has 73 heavy (non-hydrogen) atoms. The number of hydrogen-bond donors (Lipinski definition) is 13. The van der Waals surface area contributed by atoms with Gasteiger partial charge in [-0.2, -0.15) is 0 Å². The van der Waals surface area contributed by atoms with E-state index in [4.69, 9.17) is 0 Å². The van der Waals surface area contributed by atoms with Crippen molar-refractivity contribution < 1.29 is 172 Å². The monoisotopic (exact) mass is 1030 g/mol. The van der Waals surface area contributed by atoms with Crippen LogP contribution in [-0.4, -0.2) is 180 Å². The lowest BCUT2D eigenvalue weighted by Crippen LogP contribution is -2.33. The SMILES string of the molecule is CC(=O)OC(=O)c1c(C(=O)O)c(C(=O)O)c(C(=O)O)c(C(=O)OC(=O)c2c(C(=O)O)c(C(=O)O)c(C(=O)O)c(C(=O)O)c2C(=O)O)c1C(=O)OC(=O)c1c(C(=O)O)c(C(=O)O)c(C(=O)O)c(C(=O)O)c1C(=O)O. The average molecular weight is 1030 g/mol. The van der Waals surface area contributed by atoms with Crippen molar-refractivity contribution in [1.82, 2.24) is 0 Å². The zero-order chi connectivity index (χ0) is 56.5. The summed E-state index contributed by atoms with van der Waals surface area (Å²) in [6.45, 7) is 0.256. The first-order chi connectivity index (χ1) is 33.5. The van der Waals surface area contributed by atoms with E-state index in [0.29, 0.717) is 0 Å². The summed E-state index contributed by atoms with van der Waals surface area (Å²) in [6.07, 6.45) is 0. The van der Waals surface area contributed by atoms with Crippen molar-refractivity contribution in [2.75, 3.05) is 0 Å². The van der Waals surface area contributed by atoms with Gasteiger partial charge in [-0.1, -0.05) is 0 Å². The third-order valence-corrected chi connectivity index (χ3v) is 8.91. The van der Waals surface area contributed by atoms with Crippen molar-refractivity contribution in [3.05, 3.63) is 100 Å². The summed E-state index contributed by atoms with van der Waals surface area (Å²) in [4.78, 5) is 243. The Balaban J connectivity index is 2.83. The number of carboxylic acids is 13. The van der Waals surface area contributed by atoms with Crippen LogP contribution in [0.25, 0.3) is 0 Å². The molecule has 3 rings (SSSR count). The minimum atomic E-state index is -3.23. The zero-order valence-corrected chi connectivity index (χ0v) is 34.3. The molecule has 0 aliphatic heterocycles. The number of esters is 6. The lowest BCUT2D eigenvalue weighted by Gasteiger charge is -2.20. The molecule has 0 aliphatic rings. The fourth-order valence-electron chi connectivity index (χ4n) is 6.60. The Bertz CT molecular complexity index is 3210. The summed E-state index contributed by atoms with van der Waals surface area (Å²) in [5.74, 6) is -54.8. The van der Waals surface area contributed by atoms with Crippen LogP contribution in [0.5, 0.6) is 0 Å². The molecule has 35 heteroatoms. The molecule has 0 atom stereocenters. The Hall–Kier alpha value is -11.8. The minimum absolute atomic E-state index is 0.256. The van der Waals surface area contributed by atoms with Gasteiger partial charge >= 0.3 is 113 Å². The summed E-state index contributed by atoms with van der Waals surface area (Å²) in [7, 11) is 0. The first-order valence-corrected chi connectivity index (χ1v) is 17.5. The molecule has 0 unspecified atom stereocenters. The molecular weight excluding hydrogens is 1020 g/mol. The Morgan fingerprint density at radius 2 is 0.288 bits per heavy atom. The number of carboxylic acid groups (broad SMARTS) is 13. The standard InChI is InChI=1S/C38H16O35/c1-2(39)71-34(66)18-14(32(62)63)9(27(52)53)15(33(64)65)19(37(69)72-35(67)16-10(28(54)55)5(23(44)45)3(21(40)41)6(24(46)47)11(16)29(56)57)20(18)38(70)73-36(68)17-12(30(58)59)7(25(48)49)4(22(42)43)8(26(50)51)13(17)31(60)61/h1H3,(H,40,41)(H,42,43)(H,44,45)(H,46,47)(H,48,49)(H,50,51)(H,52,53)(H,54,55)(H,56,57)(H,58,59)(H,60,61)(H,62,63)(H,64,65). The van der Waals surface area contributed by atoms with Gasteiger partial charge in [-0.05, 0) is 0 Å². The van der Waals surface area contributed by atoms with Crippen molar-refractivity contribution in [2.24, 2.45) is 0 Å². The smallest absolute Gasteiger partial charge is 0.347 e. The van der Waals surface area contributed by atoms with E-state index in [1.807, 2.05) is 0 Å². The summed E-state index contributed by atoms with van der Waals surface area (Å²) < 4.78 is 12.6. The molecule has 3 aromatic carbocycles. The molecule has 3 aromatic rings. The van der Waals surface area contributed by atoms with Crippen LogP contribution >= 0.6 is 0 Å². The fourth-order valence-corrected chi connectivity index (χ4v) is 6.60. The second-order valence-electron chi connectivity index (χ2n) is 13.0. The number of rotatable bonds is 18. The van der Waals surface area contributed by atoms with Gasteiger partial charge in [0.2, 0.25) is 0 Å². The van der Waals surface area contributed by atoms with Crippen molar-refractivity contribution in [1.29, 1.82) is 0 Å². The largest absolute Gasteiger partial charge is 0.478 e. The van der Waals surface area contributed by atoms with Gasteiger partial charge in [0, 0.05) is 6.92 Å². The number of benzene rings is 3. The van der Waals surface area contributed by atoms with Crippen LogP contribution in [0.15, 0.2) is 0 Å². The maximum absolute atomic E-state index is 14.2. The predicted molar refractivity (Wildman–Crippen MR) is 205 cm³/mol. The molecule has 0 saturated heterocycles. The molecule has 0 saturated carbocycles. The van der Waals surface area contributed by atoms with Gasteiger partial charge in [0.1, 0.15) is 0 Å². The van der Waals surface area contributed by atoms with Gasteiger partial charge in [-0.15, -0.1) is 0 Å². The Morgan fingerprint density at radius 1 is 0.192 bits per heavy atom. The van der Waals surface area contributed by atoms with Gasteiger partial charge in [0.25, 0.3) is 0 Å². The van der Waals surface area contributed by atoms with E-state index < -0.39 is 214 Å². The van der Waals surface area contributed by atoms with E-state index in [9.17, 15) is 157 Å². The maximum atomic E-state index is 14.2. The lowest BCUT2D eigenvalue weighted by atomic mass is 9.85. The van der Waals surface area contributed by atoms with Crippen LogP contribution < -0.4 is 0 Å². The summed E-state index contributed by atoms with van der Waals surface area (Å²) in [5, 5.41) is 128. The van der Waals surface area contributed by atoms with E-state index in [1.165, 1.54) is 0 Å². The van der Waals surface area contributed by atoms with E-state index in [2.05, 4.69) is 14.2 Å². The molecule has 0 amide bonds. The Labute approximate surface area is 392 Å². The van der Waals surface area contributed by atoms with E-state index in [-0.39, 0.29) is 6.92 Å². The van der Waals surface area contributed by atoms with Crippen LogP contribution in [-0.2, 0) is 19.0 Å². The van der Waals surface area contributed by atoms with Gasteiger partial charge in [0.05, 0.1) is 100 Å². The maximum Gasteiger partial charge on any atom is 0.347 e. The quantitative estimate of drug-likeness (QED) is 0.0432. The first-order valence-electron chi connectivity index (χ1n) is 17.5. The molecule has 13 N–H and O–H groups in total. The topological polar surface area (TPSA) is 615 Å². The number of hydrogen-bond acceptors (Lipinski definition) is 22. The molecule has 35 nitrogen and oxygen atoms in total. The van der Waals surface area contributed by atoms with Gasteiger partial charge < -0.3 is 80.6 Å². The van der Waals surface area contributed by atoms with Crippen molar-refractivity contribution in [3.63, 3.8) is 0 Å². The second kappa shape index (κ2) is 20.2. The first kappa shape index (κ1) is 55.5. The van der Waals surface area contributed by atoms with Gasteiger partial charge in [-0.3, -0.25) is 4.79 Å². The molecule has 0 bridgehead atoms. The van der Waals surface area contributed by atoms with Crippen LogP contribution in [0, 0.1) is 0 Å². The number of carbonyl (C=O) groups is 19. The minimum Gasteiger partial charge on any atom is -0.478 e. The fraction of sp³-hybridized carbons (Fsp3) is 0.0263. The average Bonchev–Trinajstić information content (AvgIpc) is 3.24. The van der Waals surface area contributed by atoms with Crippen LogP contribution in [0.1, 0.15) is 193 Å². The van der Waals surface area contributed by atoms with Gasteiger partial charge in [0.15, 0.2) is 0 Å². The molecule has 0 spiro atoms. The second-order valence-corrected chi connectivity index (χ2v) is 13.0. The van der Waals surface area contributed by atoms with E-state index >= 15 is 0 Å². The third-order valence-electron chi connectivity index (χ3n) is 8.91. The highest BCUT2D eigenvalue weighted by molar-refractivity contribution is 6.29.